The number of hydrogen-bond acceptors (Lipinski definition) is 3. The topological polar surface area (TPSA) is 39.4 Å². The second-order valence-electron chi connectivity index (χ2n) is 6.37. The van der Waals surface area contributed by atoms with Crippen LogP contribution in [-0.4, -0.2) is 0 Å². The van der Waals surface area contributed by atoms with Crippen molar-refractivity contribution in [1.82, 2.24) is 0 Å². The van der Waals surface area contributed by atoms with Gasteiger partial charge in [0.15, 0.2) is 5.76 Å². The van der Waals surface area contributed by atoms with Crippen LogP contribution in [-0.2, 0) is 6.61 Å². The zero-order valence-electron chi connectivity index (χ0n) is 14.7. The number of aryl methyl sites for hydroxylation is 1. The first kappa shape index (κ1) is 17.4. The van der Waals surface area contributed by atoms with Gasteiger partial charge in [-0.25, -0.2) is 0 Å². The molecule has 0 bridgehead atoms. The highest BCUT2D eigenvalue weighted by molar-refractivity contribution is 6.30. The molecule has 27 heavy (non-hydrogen) atoms. The molecule has 4 heteroatoms. The van der Waals surface area contributed by atoms with Crippen LogP contribution in [0.25, 0.3) is 22.3 Å². The van der Waals surface area contributed by atoms with Gasteiger partial charge in [-0.1, -0.05) is 65.7 Å². The number of benzene rings is 3. The van der Waals surface area contributed by atoms with Crippen LogP contribution < -0.4 is 10.2 Å². The molecule has 4 aromatic rings. The molecule has 0 fully saturated rings. The summed E-state index contributed by atoms with van der Waals surface area (Å²) in [5, 5.41) is 1.14. The van der Waals surface area contributed by atoms with Crippen molar-refractivity contribution < 1.29 is 9.15 Å². The second kappa shape index (κ2) is 7.29. The minimum Gasteiger partial charge on any atom is -0.481 e. The monoisotopic (exact) mass is 376 g/mol. The molecule has 0 aliphatic heterocycles. The Bertz CT molecular complexity index is 1160. The van der Waals surface area contributed by atoms with E-state index in [1.54, 1.807) is 6.07 Å². The molecule has 1 heterocycles. The van der Waals surface area contributed by atoms with Gasteiger partial charge in [-0.05, 0) is 36.8 Å². The van der Waals surface area contributed by atoms with Crippen LogP contribution in [0.2, 0.25) is 5.02 Å². The molecule has 0 N–H and O–H groups in total. The third kappa shape index (κ3) is 3.60. The molecule has 3 nitrogen and oxygen atoms in total. The van der Waals surface area contributed by atoms with E-state index in [2.05, 4.69) is 0 Å². The quantitative estimate of drug-likeness (QED) is 0.438. The molecule has 1 aromatic heterocycles. The summed E-state index contributed by atoms with van der Waals surface area (Å²) in [6, 6.07) is 22.4. The van der Waals surface area contributed by atoms with Gasteiger partial charge in [-0.3, -0.25) is 4.79 Å². The maximum atomic E-state index is 13.2. The zero-order valence-corrected chi connectivity index (χ0v) is 15.5. The van der Waals surface area contributed by atoms with Crippen LogP contribution in [0.5, 0.6) is 5.75 Å². The average molecular weight is 377 g/mol. The van der Waals surface area contributed by atoms with E-state index in [9.17, 15) is 4.79 Å². The first-order valence-corrected chi connectivity index (χ1v) is 9.00. The minimum atomic E-state index is -0.180. The van der Waals surface area contributed by atoms with Crippen LogP contribution in [0.3, 0.4) is 0 Å². The van der Waals surface area contributed by atoms with Gasteiger partial charge < -0.3 is 9.15 Å². The van der Waals surface area contributed by atoms with Crippen LogP contribution in [0.1, 0.15) is 11.1 Å². The molecule has 0 saturated carbocycles. The Morgan fingerprint density at radius 1 is 0.963 bits per heavy atom. The minimum absolute atomic E-state index is 0.180. The van der Waals surface area contributed by atoms with Crippen LogP contribution in [0.15, 0.2) is 82.0 Å². The molecule has 0 spiro atoms. The number of ether oxygens (including phenoxy) is 1. The molecule has 0 unspecified atom stereocenters. The summed E-state index contributed by atoms with van der Waals surface area (Å²) >= 11 is 6.04. The maximum absolute atomic E-state index is 13.2. The normalized spacial score (nSPS) is 10.9. The van der Waals surface area contributed by atoms with Crippen molar-refractivity contribution in [2.45, 2.75) is 13.5 Å². The summed E-state index contributed by atoms with van der Waals surface area (Å²) in [7, 11) is 0. The van der Waals surface area contributed by atoms with Gasteiger partial charge in [-0.15, -0.1) is 0 Å². The lowest BCUT2D eigenvalue weighted by Crippen LogP contribution is -2.10. The molecule has 0 saturated heterocycles. The number of rotatable bonds is 4. The molecule has 0 aliphatic rings. The van der Waals surface area contributed by atoms with E-state index in [-0.39, 0.29) is 17.8 Å². The van der Waals surface area contributed by atoms with Gasteiger partial charge in [0, 0.05) is 10.6 Å². The summed E-state index contributed by atoms with van der Waals surface area (Å²) in [6.45, 7) is 2.17. The Morgan fingerprint density at radius 3 is 2.56 bits per heavy atom. The Kier molecular flexibility index (Phi) is 4.69. The first-order chi connectivity index (χ1) is 13.1. The summed E-state index contributed by atoms with van der Waals surface area (Å²) < 4.78 is 12.0. The zero-order chi connectivity index (χ0) is 18.8. The predicted molar refractivity (Wildman–Crippen MR) is 108 cm³/mol. The Morgan fingerprint density at radius 2 is 1.78 bits per heavy atom. The second-order valence-corrected chi connectivity index (χ2v) is 6.81. The molecule has 4 rings (SSSR count). The summed E-state index contributed by atoms with van der Waals surface area (Å²) in [4.78, 5) is 13.2. The van der Waals surface area contributed by atoms with Crippen molar-refractivity contribution >= 4 is 22.6 Å². The summed E-state index contributed by atoms with van der Waals surface area (Å²) in [6.07, 6.45) is 0. The number of fused-ring (bicyclic) bond motifs is 1. The molecule has 0 radical (unpaired) electrons. The lowest BCUT2D eigenvalue weighted by atomic mass is 10.1. The van der Waals surface area contributed by atoms with E-state index in [1.165, 1.54) is 0 Å². The van der Waals surface area contributed by atoms with Gasteiger partial charge in [0.05, 0.1) is 5.39 Å². The van der Waals surface area contributed by atoms with E-state index in [1.807, 2.05) is 73.7 Å². The average Bonchev–Trinajstić information content (AvgIpc) is 2.68. The Labute approximate surface area is 161 Å². The van der Waals surface area contributed by atoms with E-state index in [0.717, 1.165) is 16.7 Å². The molecule has 3 aromatic carbocycles. The summed E-state index contributed by atoms with van der Waals surface area (Å²) in [5.41, 5.74) is 3.02. The highest BCUT2D eigenvalue weighted by Crippen LogP contribution is 2.31. The molecule has 134 valence electrons. The van der Waals surface area contributed by atoms with Gasteiger partial charge >= 0.3 is 0 Å². The van der Waals surface area contributed by atoms with Crippen molar-refractivity contribution in [1.29, 1.82) is 0 Å². The van der Waals surface area contributed by atoms with Gasteiger partial charge in [0.1, 0.15) is 12.2 Å². The van der Waals surface area contributed by atoms with Crippen molar-refractivity contribution in [3.8, 4) is 17.1 Å². The van der Waals surface area contributed by atoms with Crippen molar-refractivity contribution in [3.63, 3.8) is 0 Å². The van der Waals surface area contributed by atoms with Gasteiger partial charge in [0.2, 0.25) is 11.2 Å². The predicted octanol–water partition coefficient (Wildman–Crippen LogP) is 6.00. The Balaban J connectivity index is 1.85. The number of halogens is 1. The van der Waals surface area contributed by atoms with E-state index in [0.29, 0.717) is 21.8 Å². The van der Waals surface area contributed by atoms with E-state index in [4.69, 9.17) is 20.8 Å². The molecule has 0 aliphatic carbocycles. The van der Waals surface area contributed by atoms with Crippen molar-refractivity contribution in [2.75, 3.05) is 0 Å². The largest absolute Gasteiger partial charge is 0.481 e. The van der Waals surface area contributed by atoms with Crippen molar-refractivity contribution in [2.24, 2.45) is 0 Å². The maximum Gasteiger partial charge on any atom is 0.235 e. The van der Waals surface area contributed by atoms with Gasteiger partial charge in [-0.2, -0.15) is 0 Å². The van der Waals surface area contributed by atoms with Crippen LogP contribution in [0, 0.1) is 6.92 Å². The third-order valence-electron chi connectivity index (χ3n) is 4.31. The van der Waals surface area contributed by atoms with Gasteiger partial charge in [0.25, 0.3) is 0 Å². The van der Waals surface area contributed by atoms with E-state index >= 15 is 0 Å². The first-order valence-electron chi connectivity index (χ1n) is 8.62. The smallest absolute Gasteiger partial charge is 0.235 e. The standard InChI is InChI=1S/C23H17ClO3/c1-15-10-11-20-19(12-15)21(25)23(22(27-20)17-7-3-2-4-8-17)26-14-16-6-5-9-18(24)13-16/h2-13H,14H2,1H3. The van der Waals surface area contributed by atoms with Crippen LogP contribution >= 0.6 is 11.6 Å². The molecular formula is C23H17ClO3. The number of hydrogen-bond donors (Lipinski definition) is 0. The fraction of sp³-hybridized carbons (Fsp3) is 0.0870. The lowest BCUT2D eigenvalue weighted by Gasteiger charge is -2.12. The molecule has 0 amide bonds. The van der Waals surface area contributed by atoms with Crippen molar-refractivity contribution in [3.05, 3.63) is 99.2 Å². The molecular weight excluding hydrogens is 360 g/mol. The fourth-order valence-electron chi connectivity index (χ4n) is 2.98. The summed E-state index contributed by atoms with van der Waals surface area (Å²) in [5.74, 6) is 0.637. The Hall–Kier alpha value is -3.04. The molecule has 0 atom stereocenters. The lowest BCUT2D eigenvalue weighted by molar-refractivity contribution is 0.298. The fourth-order valence-corrected chi connectivity index (χ4v) is 3.20. The highest BCUT2D eigenvalue weighted by atomic mass is 35.5. The SMILES string of the molecule is Cc1ccc2oc(-c3ccccc3)c(OCc3cccc(Cl)c3)c(=O)c2c1. The third-order valence-corrected chi connectivity index (χ3v) is 4.55. The van der Waals surface area contributed by atoms with E-state index < -0.39 is 0 Å². The van der Waals surface area contributed by atoms with Crippen LogP contribution in [0.4, 0.5) is 0 Å². The highest BCUT2D eigenvalue weighted by Gasteiger charge is 2.18.